The molecule has 160 valence electrons. The van der Waals surface area contributed by atoms with Crippen LogP contribution < -0.4 is 0 Å². The van der Waals surface area contributed by atoms with E-state index in [9.17, 15) is 0 Å². The summed E-state index contributed by atoms with van der Waals surface area (Å²) in [4.78, 5) is 14.3. The molecule has 3 nitrogen and oxygen atoms in total. The lowest BCUT2D eigenvalue weighted by molar-refractivity contribution is 1.19. The number of hydrogen-bond donors (Lipinski definition) is 0. The lowest BCUT2D eigenvalue weighted by Crippen LogP contribution is -1.96. The molecule has 0 N–H and O–H groups in total. The third-order valence-corrected chi connectivity index (χ3v) is 5.98. The van der Waals surface area contributed by atoms with Crippen LogP contribution in [0.5, 0.6) is 0 Å². The first-order valence-electron chi connectivity index (χ1n) is 11.3. The minimum absolute atomic E-state index is 0.722. The molecular formula is C31H21N3. The summed E-state index contributed by atoms with van der Waals surface area (Å²) in [7, 11) is 0. The number of rotatable bonds is 4. The number of pyridine rings is 1. The lowest BCUT2D eigenvalue weighted by atomic mass is 10.0. The van der Waals surface area contributed by atoms with E-state index >= 15 is 0 Å². The molecule has 4 aromatic carbocycles. The molecule has 0 atom stereocenters. The van der Waals surface area contributed by atoms with E-state index in [2.05, 4.69) is 96.0 Å². The van der Waals surface area contributed by atoms with Gasteiger partial charge in [-0.3, -0.25) is 4.98 Å². The second-order valence-electron chi connectivity index (χ2n) is 8.18. The molecule has 0 radical (unpaired) electrons. The van der Waals surface area contributed by atoms with Gasteiger partial charge in [-0.05, 0) is 34.5 Å². The Bertz CT molecular complexity index is 1590. The molecule has 0 saturated heterocycles. The second-order valence-corrected chi connectivity index (χ2v) is 8.18. The van der Waals surface area contributed by atoms with Crippen LogP contribution in [0.15, 0.2) is 128 Å². The molecule has 0 unspecified atom stereocenters. The van der Waals surface area contributed by atoms with Crippen molar-refractivity contribution in [2.75, 3.05) is 0 Å². The first-order chi connectivity index (χ1) is 16.8. The predicted molar refractivity (Wildman–Crippen MR) is 139 cm³/mol. The SMILES string of the molecule is c1ccc(-c2cc(-c3cccc(-c4cccnc4)c3)nc(-c3cccc4ccccc34)n2)cc1. The molecule has 0 aliphatic rings. The molecule has 2 aromatic heterocycles. The highest BCUT2D eigenvalue weighted by molar-refractivity contribution is 5.95. The molecule has 0 bridgehead atoms. The Labute approximate surface area is 198 Å². The average molecular weight is 436 g/mol. The molecule has 0 spiro atoms. The van der Waals surface area contributed by atoms with E-state index in [1.807, 2.05) is 30.5 Å². The molecule has 6 rings (SSSR count). The predicted octanol–water partition coefficient (Wildman–Crippen LogP) is 7.69. The lowest BCUT2D eigenvalue weighted by Gasteiger charge is -2.12. The Morgan fingerprint density at radius 2 is 1.15 bits per heavy atom. The largest absolute Gasteiger partial charge is 0.264 e. The fourth-order valence-corrected chi connectivity index (χ4v) is 4.28. The van der Waals surface area contributed by atoms with Gasteiger partial charge < -0.3 is 0 Å². The van der Waals surface area contributed by atoms with Crippen LogP contribution in [0.1, 0.15) is 0 Å². The quantitative estimate of drug-likeness (QED) is 0.285. The van der Waals surface area contributed by atoms with E-state index in [1.54, 1.807) is 6.20 Å². The summed E-state index contributed by atoms with van der Waals surface area (Å²) in [5.41, 5.74) is 7.12. The molecule has 34 heavy (non-hydrogen) atoms. The van der Waals surface area contributed by atoms with Gasteiger partial charge in [-0.1, -0.05) is 97.1 Å². The fourth-order valence-electron chi connectivity index (χ4n) is 4.28. The number of fused-ring (bicyclic) bond motifs is 1. The fraction of sp³-hybridized carbons (Fsp3) is 0. The van der Waals surface area contributed by atoms with Crippen LogP contribution in [0.3, 0.4) is 0 Å². The van der Waals surface area contributed by atoms with E-state index in [0.29, 0.717) is 0 Å². The van der Waals surface area contributed by atoms with Crippen LogP contribution in [0.2, 0.25) is 0 Å². The van der Waals surface area contributed by atoms with Gasteiger partial charge in [0.2, 0.25) is 0 Å². The van der Waals surface area contributed by atoms with Gasteiger partial charge >= 0.3 is 0 Å². The number of hydrogen-bond acceptors (Lipinski definition) is 3. The van der Waals surface area contributed by atoms with Crippen LogP contribution >= 0.6 is 0 Å². The molecule has 2 heterocycles. The van der Waals surface area contributed by atoms with E-state index in [1.165, 1.54) is 5.39 Å². The van der Waals surface area contributed by atoms with Gasteiger partial charge in [-0.15, -0.1) is 0 Å². The standard InChI is InChI=1S/C31H21N3/c1-2-10-23(11-3-1)29-20-30(25-14-6-13-24(19-25)26-15-8-18-32-21-26)34-31(33-29)28-17-7-12-22-9-4-5-16-27(22)28/h1-21H. The Morgan fingerprint density at radius 1 is 0.471 bits per heavy atom. The first kappa shape index (κ1) is 20.0. The van der Waals surface area contributed by atoms with Gasteiger partial charge in [0, 0.05) is 34.6 Å². The minimum Gasteiger partial charge on any atom is -0.264 e. The Morgan fingerprint density at radius 3 is 2.00 bits per heavy atom. The summed E-state index contributed by atoms with van der Waals surface area (Å²) in [6.07, 6.45) is 3.68. The summed E-state index contributed by atoms with van der Waals surface area (Å²) in [5.74, 6) is 0.722. The smallest absolute Gasteiger partial charge is 0.161 e. The van der Waals surface area contributed by atoms with Gasteiger partial charge in [0.1, 0.15) is 0 Å². The maximum atomic E-state index is 5.06. The van der Waals surface area contributed by atoms with Gasteiger partial charge in [0.05, 0.1) is 11.4 Å². The summed E-state index contributed by atoms with van der Waals surface area (Å²) in [5, 5.41) is 2.32. The third-order valence-electron chi connectivity index (χ3n) is 5.98. The van der Waals surface area contributed by atoms with Crippen LogP contribution in [0.4, 0.5) is 0 Å². The minimum atomic E-state index is 0.722. The van der Waals surface area contributed by atoms with Crippen molar-refractivity contribution in [3.05, 3.63) is 128 Å². The number of benzene rings is 4. The maximum absolute atomic E-state index is 5.06. The zero-order valence-corrected chi connectivity index (χ0v) is 18.5. The highest BCUT2D eigenvalue weighted by Crippen LogP contribution is 2.32. The van der Waals surface area contributed by atoms with Gasteiger partial charge in [0.15, 0.2) is 5.82 Å². The average Bonchev–Trinajstić information content (AvgIpc) is 2.93. The molecule has 3 heteroatoms. The molecule has 0 amide bonds. The maximum Gasteiger partial charge on any atom is 0.161 e. The van der Waals surface area contributed by atoms with Crippen LogP contribution in [-0.4, -0.2) is 15.0 Å². The van der Waals surface area contributed by atoms with Crippen molar-refractivity contribution < 1.29 is 0 Å². The van der Waals surface area contributed by atoms with Crippen LogP contribution in [-0.2, 0) is 0 Å². The Hall–Kier alpha value is -4.63. The van der Waals surface area contributed by atoms with E-state index in [4.69, 9.17) is 9.97 Å². The topological polar surface area (TPSA) is 38.7 Å². The third kappa shape index (κ3) is 3.84. The van der Waals surface area contributed by atoms with Gasteiger partial charge in [-0.25, -0.2) is 9.97 Å². The molecular weight excluding hydrogens is 414 g/mol. The van der Waals surface area contributed by atoms with Crippen molar-refractivity contribution in [3.63, 3.8) is 0 Å². The molecule has 0 fully saturated rings. The summed E-state index contributed by atoms with van der Waals surface area (Å²) >= 11 is 0. The van der Waals surface area contributed by atoms with E-state index in [0.717, 1.165) is 50.4 Å². The molecule has 0 aliphatic carbocycles. The van der Waals surface area contributed by atoms with Gasteiger partial charge in [-0.2, -0.15) is 0 Å². The van der Waals surface area contributed by atoms with E-state index in [-0.39, 0.29) is 0 Å². The zero-order valence-electron chi connectivity index (χ0n) is 18.5. The van der Waals surface area contributed by atoms with Crippen molar-refractivity contribution >= 4 is 10.8 Å². The second kappa shape index (κ2) is 8.72. The van der Waals surface area contributed by atoms with Gasteiger partial charge in [0.25, 0.3) is 0 Å². The highest BCUT2D eigenvalue weighted by atomic mass is 14.9. The summed E-state index contributed by atoms with van der Waals surface area (Å²) in [6, 6.07) is 39.5. The van der Waals surface area contributed by atoms with Crippen LogP contribution in [0, 0.1) is 0 Å². The van der Waals surface area contributed by atoms with Crippen molar-refractivity contribution in [3.8, 4) is 45.0 Å². The molecule has 6 aromatic rings. The van der Waals surface area contributed by atoms with Crippen LogP contribution in [0.25, 0.3) is 55.8 Å². The normalized spacial score (nSPS) is 10.9. The summed E-state index contributed by atoms with van der Waals surface area (Å²) < 4.78 is 0. The van der Waals surface area contributed by atoms with Crippen molar-refractivity contribution in [1.82, 2.24) is 15.0 Å². The first-order valence-corrected chi connectivity index (χ1v) is 11.3. The van der Waals surface area contributed by atoms with Crippen molar-refractivity contribution in [2.45, 2.75) is 0 Å². The van der Waals surface area contributed by atoms with Crippen molar-refractivity contribution in [2.24, 2.45) is 0 Å². The molecule has 0 saturated carbocycles. The van der Waals surface area contributed by atoms with Crippen molar-refractivity contribution in [1.29, 1.82) is 0 Å². The number of aromatic nitrogens is 3. The zero-order chi connectivity index (χ0) is 22.7. The Balaban J connectivity index is 1.56. The Kier molecular flexibility index (Phi) is 5.13. The summed E-state index contributed by atoms with van der Waals surface area (Å²) in [6.45, 7) is 0. The monoisotopic (exact) mass is 435 g/mol. The number of nitrogens with zero attached hydrogens (tertiary/aromatic N) is 3. The van der Waals surface area contributed by atoms with E-state index < -0.39 is 0 Å². The molecule has 0 aliphatic heterocycles. The highest BCUT2D eigenvalue weighted by Gasteiger charge is 2.13.